The van der Waals surface area contributed by atoms with Crippen LogP contribution in [0.15, 0.2) is 29.2 Å². The molecule has 2 nitrogen and oxygen atoms in total. The Morgan fingerprint density at radius 1 is 1.25 bits per heavy atom. The highest BCUT2D eigenvalue weighted by Gasteiger charge is 2.14. The number of benzene rings is 1. The smallest absolute Gasteiger partial charge is 0.0498 e. The van der Waals surface area contributed by atoms with Crippen molar-refractivity contribution in [1.82, 2.24) is 0 Å². The fourth-order valence-corrected chi connectivity index (χ4v) is 2.76. The molecular formula is C13H19NOS. The van der Waals surface area contributed by atoms with Gasteiger partial charge in [0.2, 0.25) is 0 Å². The van der Waals surface area contributed by atoms with Crippen LogP contribution in [-0.2, 0) is 10.8 Å². The van der Waals surface area contributed by atoms with Crippen molar-refractivity contribution in [3.05, 3.63) is 24.3 Å². The molecule has 0 spiro atoms. The predicted octanol–water partition coefficient (Wildman–Crippen LogP) is 3.03. The molecule has 88 valence electrons. The Morgan fingerprint density at radius 2 is 1.88 bits per heavy atom. The van der Waals surface area contributed by atoms with Crippen LogP contribution in [0.3, 0.4) is 0 Å². The Bertz CT molecular complexity index is 355. The standard InChI is InChI=1S/C13H19NOS/c1-16(15)13-8-6-12(7-9-13)14-10-11-4-2-3-5-11/h6-9,11,14H,2-5,10H2,1H3. The molecule has 0 bridgehead atoms. The third kappa shape index (κ3) is 3.08. The second kappa shape index (κ2) is 5.48. The van der Waals surface area contributed by atoms with Crippen LogP contribution in [0.2, 0.25) is 0 Å². The van der Waals surface area contributed by atoms with Crippen LogP contribution in [0, 0.1) is 5.92 Å². The summed E-state index contributed by atoms with van der Waals surface area (Å²) in [6, 6.07) is 7.91. The molecule has 1 fully saturated rings. The summed E-state index contributed by atoms with van der Waals surface area (Å²) in [5, 5.41) is 3.45. The van der Waals surface area contributed by atoms with E-state index in [1.54, 1.807) is 6.26 Å². The second-order valence-corrected chi connectivity index (χ2v) is 5.89. The molecule has 1 aromatic rings. The number of hydrogen-bond donors (Lipinski definition) is 1. The van der Waals surface area contributed by atoms with Crippen molar-refractivity contribution in [1.29, 1.82) is 0 Å². The highest BCUT2D eigenvalue weighted by Crippen LogP contribution is 2.25. The lowest BCUT2D eigenvalue weighted by Gasteiger charge is -2.11. The van der Waals surface area contributed by atoms with Gasteiger partial charge >= 0.3 is 0 Å². The summed E-state index contributed by atoms with van der Waals surface area (Å²) >= 11 is 0. The molecule has 0 saturated heterocycles. The van der Waals surface area contributed by atoms with Crippen LogP contribution in [0.25, 0.3) is 0 Å². The van der Waals surface area contributed by atoms with E-state index in [2.05, 4.69) is 5.32 Å². The Kier molecular flexibility index (Phi) is 3.99. The first kappa shape index (κ1) is 11.6. The Labute approximate surface area is 99.9 Å². The summed E-state index contributed by atoms with van der Waals surface area (Å²) in [5.74, 6) is 0.847. The van der Waals surface area contributed by atoms with E-state index in [4.69, 9.17) is 0 Å². The largest absolute Gasteiger partial charge is 0.385 e. The van der Waals surface area contributed by atoms with Gasteiger partial charge in [-0.25, -0.2) is 0 Å². The predicted molar refractivity (Wildman–Crippen MR) is 69.2 cm³/mol. The van der Waals surface area contributed by atoms with Crippen molar-refractivity contribution in [2.75, 3.05) is 18.1 Å². The topological polar surface area (TPSA) is 29.1 Å². The first-order chi connectivity index (χ1) is 7.75. The SMILES string of the molecule is CS(=O)c1ccc(NCC2CCCC2)cc1. The summed E-state index contributed by atoms with van der Waals surface area (Å²) in [7, 11) is -0.871. The van der Waals surface area contributed by atoms with Crippen molar-refractivity contribution in [2.45, 2.75) is 30.6 Å². The zero-order valence-electron chi connectivity index (χ0n) is 9.74. The van der Waals surface area contributed by atoms with Gasteiger partial charge in [-0.15, -0.1) is 0 Å². The lowest BCUT2D eigenvalue weighted by molar-refractivity contribution is 0.580. The minimum atomic E-state index is -0.871. The van der Waals surface area contributed by atoms with E-state index >= 15 is 0 Å². The maximum atomic E-state index is 11.2. The Balaban J connectivity index is 1.87. The summed E-state index contributed by atoms with van der Waals surface area (Å²) in [6.45, 7) is 1.08. The first-order valence-electron chi connectivity index (χ1n) is 5.93. The van der Waals surface area contributed by atoms with Crippen LogP contribution < -0.4 is 5.32 Å². The molecule has 1 unspecified atom stereocenters. The van der Waals surface area contributed by atoms with Crippen molar-refractivity contribution >= 4 is 16.5 Å². The van der Waals surface area contributed by atoms with Crippen LogP contribution in [0.1, 0.15) is 25.7 Å². The lowest BCUT2D eigenvalue weighted by Crippen LogP contribution is -2.10. The highest BCUT2D eigenvalue weighted by molar-refractivity contribution is 7.84. The summed E-state index contributed by atoms with van der Waals surface area (Å²) < 4.78 is 11.2. The third-order valence-electron chi connectivity index (χ3n) is 3.26. The molecular weight excluding hydrogens is 218 g/mol. The Morgan fingerprint density at radius 3 is 2.44 bits per heavy atom. The molecule has 0 aliphatic heterocycles. The van der Waals surface area contributed by atoms with Gasteiger partial charge in [0, 0.05) is 34.2 Å². The molecule has 0 heterocycles. The molecule has 0 radical (unpaired) electrons. The van der Waals surface area contributed by atoms with Gasteiger partial charge < -0.3 is 5.32 Å². The zero-order chi connectivity index (χ0) is 11.4. The minimum Gasteiger partial charge on any atom is -0.385 e. The van der Waals surface area contributed by atoms with Crippen molar-refractivity contribution in [2.24, 2.45) is 5.92 Å². The van der Waals surface area contributed by atoms with E-state index in [1.165, 1.54) is 25.7 Å². The van der Waals surface area contributed by atoms with E-state index < -0.39 is 10.8 Å². The average molecular weight is 237 g/mol. The van der Waals surface area contributed by atoms with Crippen molar-refractivity contribution < 1.29 is 4.21 Å². The van der Waals surface area contributed by atoms with Crippen LogP contribution in [0.4, 0.5) is 5.69 Å². The molecule has 1 aliphatic rings. The van der Waals surface area contributed by atoms with Gasteiger partial charge in [-0.2, -0.15) is 0 Å². The summed E-state index contributed by atoms with van der Waals surface area (Å²) in [5.41, 5.74) is 1.14. The summed E-state index contributed by atoms with van der Waals surface area (Å²) in [4.78, 5) is 0.895. The van der Waals surface area contributed by atoms with Gasteiger partial charge in [-0.05, 0) is 43.0 Å². The number of nitrogens with one attached hydrogen (secondary N) is 1. The average Bonchev–Trinajstić information content (AvgIpc) is 2.80. The maximum absolute atomic E-state index is 11.2. The fourth-order valence-electron chi connectivity index (χ4n) is 2.24. The number of anilines is 1. The normalized spacial score (nSPS) is 18.6. The quantitative estimate of drug-likeness (QED) is 0.872. The fraction of sp³-hybridized carbons (Fsp3) is 0.538. The molecule has 3 heteroatoms. The number of rotatable bonds is 4. The molecule has 1 atom stereocenters. The van der Waals surface area contributed by atoms with Gasteiger partial charge in [0.1, 0.15) is 0 Å². The molecule has 0 amide bonds. The summed E-state index contributed by atoms with van der Waals surface area (Å²) in [6.07, 6.45) is 7.22. The lowest BCUT2D eigenvalue weighted by atomic mass is 10.1. The highest BCUT2D eigenvalue weighted by atomic mass is 32.2. The maximum Gasteiger partial charge on any atom is 0.0498 e. The van der Waals surface area contributed by atoms with Crippen molar-refractivity contribution in [3.8, 4) is 0 Å². The van der Waals surface area contributed by atoms with Crippen LogP contribution in [-0.4, -0.2) is 17.0 Å². The van der Waals surface area contributed by atoms with E-state index in [1.807, 2.05) is 24.3 Å². The van der Waals surface area contributed by atoms with E-state index in [0.717, 1.165) is 23.0 Å². The van der Waals surface area contributed by atoms with E-state index in [9.17, 15) is 4.21 Å². The zero-order valence-corrected chi connectivity index (χ0v) is 10.6. The van der Waals surface area contributed by atoms with Crippen LogP contribution >= 0.6 is 0 Å². The van der Waals surface area contributed by atoms with Crippen molar-refractivity contribution in [3.63, 3.8) is 0 Å². The molecule has 2 rings (SSSR count). The van der Waals surface area contributed by atoms with Gasteiger partial charge in [-0.3, -0.25) is 4.21 Å². The molecule has 0 aromatic heterocycles. The third-order valence-corrected chi connectivity index (χ3v) is 4.19. The molecule has 16 heavy (non-hydrogen) atoms. The van der Waals surface area contributed by atoms with Gasteiger partial charge in [-0.1, -0.05) is 12.8 Å². The van der Waals surface area contributed by atoms with Gasteiger partial charge in [0.05, 0.1) is 0 Å². The second-order valence-electron chi connectivity index (χ2n) is 4.51. The first-order valence-corrected chi connectivity index (χ1v) is 7.49. The molecule has 1 aromatic carbocycles. The van der Waals surface area contributed by atoms with Gasteiger partial charge in [0.25, 0.3) is 0 Å². The molecule has 1 N–H and O–H groups in total. The molecule has 1 saturated carbocycles. The van der Waals surface area contributed by atoms with Crippen LogP contribution in [0.5, 0.6) is 0 Å². The van der Waals surface area contributed by atoms with E-state index in [0.29, 0.717) is 0 Å². The Hall–Kier alpha value is -0.830. The minimum absolute atomic E-state index is 0.847. The van der Waals surface area contributed by atoms with E-state index in [-0.39, 0.29) is 0 Å². The van der Waals surface area contributed by atoms with Gasteiger partial charge in [0.15, 0.2) is 0 Å². The number of hydrogen-bond acceptors (Lipinski definition) is 2. The molecule has 1 aliphatic carbocycles. The monoisotopic (exact) mass is 237 g/mol.